The summed E-state index contributed by atoms with van der Waals surface area (Å²) in [5.41, 5.74) is 4.96. The van der Waals surface area contributed by atoms with Gasteiger partial charge in [-0.1, -0.05) is 6.07 Å². The van der Waals surface area contributed by atoms with Crippen LogP contribution in [0.15, 0.2) is 47.5 Å². The van der Waals surface area contributed by atoms with E-state index >= 15 is 0 Å². The van der Waals surface area contributed by atoms with Crippen molar-refractivity contribution in [3.8, 4) is 16.9 Å². The van der Waals surface area contributed by atoms with Gasteiger partial charge >= 0.3 is 0 Å². The van der Waals surface area contributed by atoms with Crippen molar-refractivity contribution in [2.24, 2.45) is 14.1 Å². The Morgan fingerprint density at radius 2 is 2.03 bits per heavy atom. The van der Waals surface area contributed by atoms with E-state index in [1.165, 1.54) is 0 Å². The molecular formula is C22H25N5O4S. The maximum atomic E-state index is 12.5. The molecule has 3 aromatic heterocycles. The van der Waals surface area contributed by atoms with Crippen LogP contribution >= 0.6 is 0 Å². The van der Waals surface area contributed by atoms with Crippen LogP contribution in [0.5, 0.6) is 5.75 Å². The number of nitrogens with one attached hydrogen (secondary N) is 2. The normalized spacial score (nSPS) is 12.4. The van der Waals surface area contributed by atoms with Gasteiger partial charge in [0.25, 0.3) is 5.56 Å². The molecule has 0 bridgehead atoms. The second kappa shape index (κ2) is 9.11. The predicted molar refractivity (Wildman–Crippen MR) is 124 cm³/mol. The van der Waals surface area contributed by atoms with Crippen molar-refractivity contribution in [2.75, 3.05) is 6.54 Å². The number of H-pyrrole nitrogens is 1. The first-order valence-electron chi connectivity index (χ1n) is 10.1. The lowest BCUT2D eigenvalue weighted by atomic mass is 9.99. The minimum Gasteiger partial charge on any atom is -0.487 e. The quantitative estimate of drug-likeness (QED) is 0.353. The van der Waals surface area contributed by atoms with Crippen molar-refractivity contribution in [1.29, 1.82) is 0 Å². The van der Waals surface area contributed by atoms with Crippen LogP contribution in [-0.4, -0.2) is 34.6 Å². The number of rotatable bonds is 8. The number of aryl methyl sites for hydroxylation is 3. The average molecular weight is 456 g/mol. The van der Waals surface area contributed by atoms with E-state index in [2.05, 4.69) is 14.8 Å². The first kappa shape index (κ1) is 22.0. The van der Waals surface area contributed by atoms with Crippen molar-refractivity contribution in [2.45, 2.75) is 20.0 Å². The van der Waals surface area contributed by atoms with Crippen LogP contribution in [0.3, 0.4) is 0 Å². The van der Waals surface area contributed by atoms with Crippen molar-refractivity contribution in [3.05, 3.63) is 70.0 Å². The van der Waals surface area contributed by atoms with E-state index < -0.39 is 11.3 Å². The number of nitrogens with zero attached hydrogens (tertiary/aromatic N) is 3. The van der Waals surface area contributed by atoms with Gasteiger partial charge in [-0.25, -0.2) is 8.93 Å². The molecule has 0 fully saturated rings. The molecular weight excluding hydrogens is 430 g/mol. The van der Waals surface area contributed by atoms with Crippen molar-refractivity contribution in [3.63, 3.8) is 0 Å². The molecule has 1 unspecified atom stereocenters. The fraction of sp³-hybridized carbons (Fsp3) is 0.273. The monoisotopic (exact) mass is 455 g/mol. The number of pyridine rings is 1. The summed E-state index contributed by atoms with van der Waals surface area (Å²) in [6.07, 6.45) is 4.11. The highest BCUT2D eigenvalue weighted by Gasteiger charge is 2.16. The Balaban J connectivity index is 1.76. The van der Waals surface area contributed by atoms with Gasteiger partial charge in [0.2, 0.25) is 11.3 Å². The largest absolute Gasteiger partial charge is 0.487 e. The van der Waals surface area contributed by atoms with Gasteiger partial charge in [0, 0.05) is 49.5 Å². The number of aromatic nitrogens is 4. The first-order valence-corrected chi connectivity index (χ1v) is 11.2. The van der Waals surface area contributed by atoms with E-state index in [0.29, 0.717) is 30.8 Å². The van der Waals surface area contributed by atoms with Gasteiger partial charge in [-0.3, -0.25) is 14.0 Å². The van der Waals surface area contributed by atoms with Gasteiger partial charge in [-0.15, -0.1) is 0 Å². The van der Waals surface area contributed by atoms with Crippen LogP contribution < -0.4 is 15.0 Å². The van der Waals surface area contributed by atoms with Crippen LogP contribution in [0.25, 0.3) is 22.0 Å². The summed E-state index contributed by atoms with van der Waals surface area (Å²) in [6.45, 7) is 2.63. The summed E-state index contributed by atoms with van der Waals surface area (Å²) in [6, 6.07) is 9.69. The van der Waals surface area contributed by atoms with Crippen molar-refractivity contribution < 1.29 is 13.5 Å². The fourth-order valence-corrected chi connectivity index (χ4v) is 4.06. The Labute approximate surface area is 187 Å². The summed E-state index contributed by atoms with van der Waals surface area (Å²) in [5.74, 6) is 0.674. The molecule has 0 amide bonds. The molecule has 0 saturated carbocycles. The minimum absolute atomic E-state index is 0.104. The van der Waals surface area contributed by atoms with Crippen LogP contribution in [-0.2, 0) is 38.4 Å². The summed E-state index contributed by atoms with van der Waals surface area (Å²) in [4.78, 5) is 15.5. The number of fused-ring (bicyclic) bond motifs is 1. The van der Waals surface area contributed by atoms with E-state index in [9.17, 15) is 9.00 Å². The Morgan fingerprint density at radius 3 is 2.75 bits per heavy atom. The molecule has 168 valence electrons. The molecule has 0 aliphatic carbocycles. The third-order valence-electron chi connectivity index (χ3n) is 5.34. The van der Waals surface area contributed by atoms with Gasteiger partial charge < -0.3 is 14.3 Å². The molecule has 0 radical (unpaired) electrons. The predicted octanol–water partition coefficient (Wildman–Crippen LogP) is 2.42. The van der Waals surface area contributed by atoms with Gasteiger partial charge in [0.1, 0.15) is 17.9 Å². The second-order valence-electron chi connectivity index (χ2n) is 7.64. The molecule has 1 aromatic carbocycles. The molecule has 3 heterocycles. The lowest BCUT2D eigenvalue weighted by Gasteiger charge is -2.15. The molecule has 0 saturated heterocycles. The Kier molecular flexibility index (Phi) is 6.26. The smallest absolute Gasteiger partial charge is 0.274 e. The van der Waals surface area contributed by atoms with Crippen LogP contribution in [0, 0.1) is 6.92 Å². The zero-order valence-electron chi connectivity index (χ0n) is 18.1. The van der Waals surface area contributed by atoms with Gasteiger partial charge in [-0.2, -0.15) is 5.10 Å². The van der Waals surface area contributed by atoms with E-state index in [1.54, 1.807) is 28.7 Å². The lowest BCUT2D eigenvalue weighted by Crippen LogP contribution is -2.19. The molecule has 4 rings (SSSR count). The highest BCUT2D eigenvalue weighted by Crippen LogP contribution is 2.35. The number of ether oxygens (including phenoxy) is 1. The van der Waals surface area contributed by atoms with E-state index in [1.807, 2.05) is 44.3 Å². The van der Waals surface area contributed by atoms with Gasteiger partial charge in [-0.05, 0) is 43.2 Å². The molecule has 0 spiro atoms. The number of benzene rings is 1. The SMILES string of the molecule is Cc1cc(COc2ccc(CCNS(=O)O)cc2-c2cn(C)c(=O)c3[nH]ccc23)n(C)n1. The second-order valence-corrected chi connectivity index (χ2v) is 8.43. The number of aromatic amines is 1. The van der Waals surface area contributed by atoms with Crippen LogP contribution in [0.2, 0.25) is 0 Å². The summed E-state index contributed by atoms with van der Waals surface area (Å²) >= 11 is -2.05. The number of hydrogen-bond donors (Lipinski definition) is 3. The van der Waals surface area contributed by atoms with Crippen molar-refractivity contribution in [1.82, 2.24) is 24.1 Å². The first-order chi connectivity index (χ1) is 15.3. The maximum Gasteiger partial charge on any atom is 0.274 e. The maximum absolute atomic E-state index is 12.5. The summed E-state index contributed by atoms with van der Waals surface area (Å²) < 4.78 is 31.9. The molecule has 10 heteroatoms. The third-order valence-corrected chi connectivity index (χ3v) is 5.79. The van der Waals surface area contributed by atoms with Crippen LogP contribution in [0.1, 0.15) is 17.0 Å². The summed E-state index contributed by atoms with van der Waals surface area (Å²) in [7, 11) is 3.60. The fourth-order valence-electron chi connectivity index (χ4n) is 3.79. The average Bonchev–Trinajstić information content (AvgIpc) is 3.36. The van der Waals surface area contributed by atoms with Gasteiger partial charge in [0.15, 0.2) is 0 Å². The highest BCUT2D eigenvalue weighted by molar-refractivity contribution is 7.77. The molecule has 9 nitrogen and oxygen atoms in total. The molecule has 32 heavy (non-hydrogen) atoms. The zero-order valence-corrected chi connectivity index (χ0v) is 18.9. The van der Waals surface area contributed by atoms with E-state index in [0.717, 1.165) is 33.5 Å². The Hall–Kier alpha value is -3.21. The lowest BCUT2D eigenvalue weighted by molar-refractivity contribution is 0.296. The minimum atomic E-state index is -2.05. The topological polar surface area (TPSA) is 114 Å². The van der Waals surface area contributed by atoms with Gasteiger partial charge in [0.05, 0.1) is 11.4 Å². The van der Waals surface area contributed by atoms with E-state index in [-0.39, 0.29) is 5.56 Å². The molecule has 0 aliphatic rings. The Bertz CT molecular complexity index is 1350. The molecule has 3 N–H and O–H groups in total. The third kappa shape index (κ3) is 4.52. The zero-order chi connectivity index (χ0) is 22.8. The molecule has 1 atom stereocenters. The van der Waals surface area contributed by atoms with Crippen LogP contribution in [0.4, 0.5) is 0 Å². The highest BCUT2D eigenvalue weighted by atomic mass is 32.2. The Morgan fingerprint density at radius 1 is 1.22 bits per heavy atom. The summed E-state index contributed by atoms with van der Waals surface area (Å²) in [5, 5.41) is 5.17. The standard InChI is InChI=1S/C22H25N5O4S/c1-14-10-16(27(3)25-14)13-31-20-5-4-15(6-9-24-32(29)30)11-18(20)19-12-26(2)22(28)21-17(19)7-8-23-21/h4-5,7-8,10-12,23-24H,6,9,13H2,1-3H3,(H,29,30). The number of hydrogen-bond acceptors (Lipinski definition) is 4. The van der Waals surface area contributed by atoms with E-state index in [4.69, 9.17) is 9.29 Å². The van der Waals surface area contributed by atoms with Crippen molar-refractivity contribution >= 4 is 22.2 Å². The molecule has 4 aromatic rings. The molecule has 0 aliphatic heterocycles.